The molecule has 1 aliphatic rings. The molecule has 156 valence electrons. The highest BCUT2D eigenvalue weighted by Gasteiger charge is 2.31. The van der Waals surface area contributed by atoms with Crippen molar-refractivity contribution in [2.75, 3.05) is 31.1 Å². The molecule has 1 aromatic carbocycles. The van der Waals surface area contributed by atoms with Gasteiger partial charge in [0.25, 0.3) is 0 Å². The van der Waals surface area contributed by atoms with E-state index in [4.69, 9.17) is 0 Å². The molecule has 0 spiro atoms. The number of piperazine rings is 1. The third-order valence-electron chi connectivity index (χ3n) is 4.94. The first-order chi connectivity index (χ1) is 14.4. The molecule has 0 atom stereocenters. The van der Waals surface area contributed by atoms with Crippen molar-refractivity contribution in [3.8, 4) is 0 Å². The van der Waals surface area contributed by atoms with Crippen LogP contribution in [0.5, 0.6) is 0 Å². The zero-order valence-corrected chi connectivity index (χ0v) is 18.5. The Balaban J connectivity index is 1.41. The van der Waals surface area contributed by atoms with Gasteiger partial charge in [-0.3, -0.25) is 0 Å². The summed E-state index contributed by atoms with van der Waals surface area (Å²) in [6.45, 7) is 5.47. The average molecular weight is 442 g/mol. The van der Waals surface area contributed by atoms with E-state index in [1.807, 2.05) is 47.9 Å². The molecule has 30 heavy (non-hydrogen) atoms. The summed E-state index contributed by atoms with van der Waals surface area (Å²) in [5.41, 5.74) is 2.52. The van der Waals surface area contributed by atoms with Crippen molar-refractivity contribution in [2.24, 2.45) is 0 Å². The van der Waals surface area contributed by atoms with Gasteiger partial charge in [0, 0.05) is 31.6 Å². The Labute approximate surface area is 180 Å². The van der Waals surface area contributed by atoms with Crippen LogP contribution in [0.3, 0.4) is 0 Å². The van der Waals surface area contributed by atoms with Crippen LogP contribution >= 0.6 is 11.3 Å². The molecule has 3 aromatic rings. The van der Waals surface area contributed by atoms with Crippen molar-refractivity contribution in [3.63, 3.8) is 0 Å². The standard InChI is InChI=1S/C21H23N5O2S2/c1-16-20(14-22-17(2)23-16)30(27,28)26-12-10-25(11-13-26)21-24-19(15-29-21)9-8-18-6-4-3-5-7-18/h3-9,14-15H,10-13H2,1-2H3. The number of rotatable bonds is 5. The van der Waals surface area contributed by atoms with E-state index in [0.29, 0.717) is 37.7 Å². The number of aryl methyl sites for hydroxylation is 2. The number of aromatic nitrogens is 3. The van der Waals surface area contributed by atoms with Crippen LogP contribution in [0.4, 0.5) is 5.13 Å². The summed E-state index contributed by atoms with van der Waals surface area (Å²) >= 11 is 1.58. The van der Waals surface area contributed by atoms with Crippen LogP contribution in [-0.2, 0) is 10.0 Å². The van der Waals surface area contributed by atoms with Gasteiger partial charge in [0.2, 0.25) is 10.0 Å². The molecule has 0 radical (unpaired) electrons. The summed E-state index contributed by atoms with van der Waals surface area (Å²) in [6.07, 6.45) is 5.44. The van der Waals surface area contributed by atoms with Gasteiger partial charge in [-0.1, -0.05) is 36.4 Å². The fourth-order valence-electron chi connectivity index (χ4n) is 3.33. The number of thiazole rings is 1. The van der Waals surface area contributed by atoms with Crippen LogP contribution in [0.25, 0.3) is 12.2 Å². The summed E-state index contributed by atoms with van der Waals surface area (Å²) in [6, 6.07) is 10.1. The lowest BCUT2D eigenvalue weighted by Gasteiger charge is -2.33. The smallest absolute Gasteiger partial charge is 0.246 e. The van der Waals surface area contributed by atoms with Crippen molar-refractivity contribution in [2.45, 2.75) is 18.7 Å². The SMILES string of the molecule is Cc1ncc(S(=O)(=O)N2CCN(c3nc(C=Cc4ccccc4)cs3)CC2)c(C)n1. The lowest BCUT2D eigenvalue weighted by atomic mass is 10.2. The van der Waals surface area contributed by atoms with Crippen LogP contribution in [0.1, 0.15) is 22.8 Å². The monoisotopic (exact) mass is 441 g/mol. The van der Waals surface area contributed by atoms with Crippen LogP contribution in [0.15, 0.2) is 46.8 Å². The molecule has 1 aliphatic heterocycles. The molecule has 7 nitrogen and oxygen atoms in total. The molecule has 2 aromatic heterocycles. The first-order valence-electron chi connectivity index (χ1n) is 9.67. The molecule has 0 unspecified atom stereocenters. The molecule has 0 bridgehead atoms. The lowest BCUT2D eigenvalue weighted by Crippen LogP contribution is -2.48. The first kappa shape index (κ1) is 20.6. The number of hydrogen-bond acceptors (Lipinski definition) is 7. The molecule has 0 N–H and O–H groups in total. The first-order valence-corrected chi connectivity index (χ1v) is 12.0. The molecule has 3 heterocycles. The Morgan fingerprint density at radius 3 is 2.43 bits per heavy atom. The van der Waals surface area contributed by atoms with Gasteiger partial charge in [-0.2, -0.15) is 4.31 Å². The average Bonchev–Trinajstić information content (AvgIpc) is 3.22. The van der Waals surface area contributed by atoms with Crippen LogP contribution in [0.2, 0.25) is 0 Å². The Morgan fingerprint density at radius 1 is 1.00 bits per heavy atom. The van der Waals surface area contributed by atoms with Crippen molar-refractivity contribution >= 4 is 38.6 Å². The minimum Gasteiger partial charge on any atom is -0.345 e. The van der Waals surface area contributed by atoms with E-state index in [9.17, 15) is 8.42 Å². The van der Waals surface area contributed by atoms with Gasteiger partial charge in [0.05, 0.1) is 17.6 Å². The Kier molecular flexibility index (Phi) is 5.94. The molecule has 1 saturated heterocycles. The van der Waals surface area contributed by atoms with Gasteiger partial charge in [-0.25, -0.2) is 23.4 Å². The van der Waals surface area contributed by atoms with Gasteiger partial charge in [-0.15, -0.1) is 11.3 Å². The third-order valence-corrected chi connectivity index (χ3v) is 7.86. The second-order valence-electron chi connectivity index (χ2n) is 7.06. The minimum atomic E-state index is -3.60. The Morgan fingerprint density at radius 2 is 1.73 bits per heavy atom. The van der Waals surface area contributed by atoms with Gasteiger partial charge in [0.1, 0.15) is 10.7 Å². The van der Waals surface area contributed by atoms with E-state index in [-0.39, 0.29) is 4.90 Å². The maximum atomic E-state index is 13.0. The molecule has 1 fully saturated rings. The number of hydrogen-bond donors (Lipinski definition) is 0. The van der Waals surface area contributed by atoms with Gasteiger partial charge in [0.15, 0.2) is 5.13 Å². The summed E-state index contributed by atoms with van der Waals surface area (Å²) in [5, 5.41) is 2.93. The second-order valence-corrected chi connectivity index (χ2v) is 9.80. The summed E-state index contributed by atoms with van der Waals surface area (Å²) in [5.74, 6) is 0.567. The summed E-state index contributed by atoms with van der Waals surface area (Å²) < 4.78 is 27.5. The Hall–Kier alpha value is -2.62. The highest BCUT2D eigenvalue weighted by atomic mass is 32.2. The summed E-state index contributed by atoms with van der Waals surface area (Å²) in [7, 11) is -3.60. The van der Waals surface area contributed by atoms with Gasteiger partial charge < -0.3 is 4.90 Å². The normalized spacial score (nSPS) is 15.7. The Bertz CT molecular complexity index is 1150. The van der Waals surface area contributed by atoms with Crippen molar-refractivity contribution in [1.82, 2.24) is 19.3 Å². The van der Waals surface area contributed by atoms with E-state index in [1.165, 1.54) is 10.5 Å². The largest absolute Gasteiger partial charge is 0.345 e. The third kappa shape index (κ3) is 4.43. The zero-order valence-electron chi connectivity index (χ0n) is 16.9. The van der Waals surface area contributed by atoms with Crippen LogP contribution in [-0.4, -0.2) is 53.9 Å². The van der Waals surface area contributed by atoms with Gasteiger partial charge in [-0.05, 0) is 25.5 Å². The number of nitrogens with zero attached hydrogens (tertiary/aromatic N) is 5. The lowest BCUT2D eigenvalue weighted by molar-refractivity contribution is 0.384. The molecule has 0 aliphatic carbocycles. The second kappa shape index (κ2) is 8.63. The highest BCUT2D eigenvalue weighted by molar-refractivity contribution is 7.89. The van der Waals surface area contributed by atoms with Crippen molar-refractivity contribution < 1.29 is 8.42 Å². The number of sulfonamides is 1. The van der Waals surface area contributed by atoms with E-state index in [0.717, 1.165) is 16.4 Å². The minimum absolute atomic E-state index is 0.184. The van der Waals surface area contributed by atoms with E-state index in [2.05, 4.69) is 19.9 Å². The summed E-state index contributed by atoms with van der Waals surface area (Å²) in [4.78, 5) is 15.3. The fourth-order valence-corrected chi connectivity index (χ4v) is 5.70. The predicted octanol–water partition coefficient (Wildman–Crippen LogP) is 3.23. The molecular weight excluding hydrogens is 418 g/mol. The molecule has 0 saturated carbocycles. The molecule has 4 rings (SSSR count). The van der Waals surface area contributed by atoms with E-state index < -0.39 is 10.0 Å². The van der Waals surface area contributed by atoms with E-state index >= 15 is 0 Å². The number of benzene rings is 1. The number of anilines is 1. The molecular formula is C21H23N5O2S2. The molecule has 0 amide bonds. The maximum Gasteiger partial charge on any atom is 0.246 e. The topological polar surface area (TPSA) is 79.3 Å². The predicted molar refractivity (Wildman–Crippen MR) is 120 cm³/mol. The van der Waals surface area contributed by atoms with Crippen LogP contribution < -0.4 is 4.90 Å². The fraction of sp³-hybridized carbons (Fsp3) is 0.286. The van der Waals surface area contributed by atoms with Crippen molar-refractivity contribution in [3.05, 3.63) is 64.7 Å². The van der Waals surface area contributed by atoms with E-state index in [1.54, 1.807) is 25.2 Å². The molecule has 9 heteroatoms. The van der Waals surface area contributed by atoms with Crippen LogP contribution in [0, 0.1) is 13.8 Å². The maximum absolute atomic E-state index is 13.0. The quantitative estimate of drug-likeness (QED) is 0.605. The van der Waals surface area contributed by atoms with Gasteiger partial charge >= 0.3 is 0 Å². The highest BCUT2D eigenvalue weighted by Crippen LogP contribution is 2.25. The van der Waals surface area contributed by atoms with Crippen molar-refractivity contribution in [1.29, 1.82) is 0 Å². The zero-order chi connectivity index (χ0) is 21.1.